The summed E-state index contributed by atoms with van der Waals surface area (Å²) < 4.78 is 0. The molecule has 0 aromatic heterocycles. The molecule has 0 heterocycles. The summed E-state index contributed by atoms with van der Waals surface area (Å²) in [5.74, 6) is 2.60. The Morgan fingerprint density at radius 2 is 1.38 bits per heavy atom. The van der Waals surface area contributed by atoms with Crippen LogP contribution in [0.4, 0.5) is 0 Å². The molecule has 0 aliphatic heterocycles. The Hall–Kier alpha value is -0.820. The molecule has 0 amide bonds. The van der Waals surface area contributed by atoms with Crippen molar-refractivity contribution in [1.29, 1.82) is 0 Å². The van der Waals surface area contributed by atoms with Crippen molar-refractivity contribution < 1.29 is 5.11 Å². The smallest absolute Gasteiger partial charge is 0.0960 e. The summed E-state index contributed by atoms with van der Waals surface area (Å²) in [4.78, 5) is 0. The Kier molecular flexibility index (Phi) is 3.37. The van der Waals surface area contributed by atoms with Gasteiger partial charge in [0.2, 0.25) is 0 Å². The van der Waals surface area contributed by atoms with E-state index in [2.05, 4.69) is 31.2 Å². The normalized spacial score (nSPS) is 42.4. The quantitative estimate of drug-likeness (QED) is 0.784. The molecule has 21 heavy (non-hydrogen) atoms. The fraction of sp³-hybridized carbons (Fsp3) is 0.700. The van der Waals surface area contributed by atoms with Gasteiger partial charge in [0.1, 0.15) is 0 Å². The molecule has 1 heteroatoms. The molecule has 3 fully saturated rings. The van der Waals surface area contributed by atoms with E-state index in [9.17, 15) is 5.11 Å². The van der Waals surface area contributed by atoms with Gasteiger partial charge in [-0.3, -0.25) is 0 Å². The second-order valence-corrected chi connectivity index (χ2v) is 7.75. The van der Waals surface area contributed by atoms with Gasteiger partial charge in [0.05, 0.1) is 5.60 Å². The third-order valence-electron chi connectivity index (χ3n) is 6.90. The number of hydrogen-bond acceptors (Lipinski definition) is 1. The fourth-order valence-electron chi connectivity index (χ4n) is 6.13. The first-order chi connectivity index (χ1) is 10.2. The largest absolute Gasteiger partial charge is 0.385 e. The molecule has 1 unspecified atom stereocenters. The predicted molar refractivity (Wildman–Crippen MR) is 86.0 cm³/mol. The van der Waals surface area contributed by atoms with E-state index in [4.69, 9.17) is 0 Å². The molecule has 1 aromatic carbocycles. The average Bonchev–Trinajstić information content (AvgIpc) is 2.79. The summed E-state index contributed by atoms with van der Waals surface area (Å²) >= 11 is 0. The van der Waals surface area contributed by atoms with Crippen LogP contribution in [-0.4, -0.2) is 5.11 Å². The van der Waals surface area contributed by atoms with Crippen molar-refractivity contribution in [2.24, 2.45) is 23.7 Å². The molecule has 1 N–H and O–H groups in total. The maximum absolute atomic E-state index is 11.9. The van der Waals surface area contributed by atoms with E-state index in [1.165, 1.54) is 62.5 Å². The van der Waals surface area contributed by atoms with Crippen LogP contribution in [0.2, 0.25) is 0 Å². The van der Waals surface area contributed by atoms with E-state index in [1.54, 1.807) is 0 Å². The first kappa shape index (κ1) is 13.8. The van der Waals surface area contributed by atoms with Crippen LogP contribution in [0.1, 0.15) is 62.5 Å². The Morgan fingerprint density at radius 1 is 0.857 bits per heavy atom. The number of hydrogen-bond donors (Lipinski definition) is 1. The highest BCUT2D eigenvalue weighted by Gasteiger charge is 2.60. The second kappa shape index (κ2) is 5.12. The van der Waals surface area contributed by atoms with Crippen LogP contribution in [-0.2, 0) is 5.60 Å². The van der Waals surface area contributed by atoms with E-state index >= 15 is 0 Å². The van der Waals surface area contributed by atoms with E-state index in [0.717, 1.165) is 11.8 Å². The van der Waals surface area contributed by atoms with Crippen molar-refractivity contribution in [3.63, 3.8) is 0 Å². The summed E-state index contributed by atoms with van der Waals surface area (Å²) in [5, 5.41) is 11.9. The van der Waals surface area contributed by atoms with E-state index in [0.29, 0.717) is 11.8 Å². The fourth-order valence-corrected chi connectivity index (χ4v) is 6.13. The number of benzene rings is 1. The van der Waals surface area contributed by atoms with Crippen molar-refractivity contribution in [2.45, 2.75) is 63.9 Å². The van der Waals surface area contributed by atoms with Gasteiger partial charge in [-0.15, -0.1) is 0 Å². The predicted octanol–water partition coefficient (Wildman–Crippen LogP) is 4.81. The van der Waals surface area contributed by atoms with Crippen molar-refractivity contribution in [3.8, 4) is 0 Å². The van der Waals surface area contributed by atoms with Gasteiger partial charge >= 0.3 is 0 Å². The monoisotopic (exact) mass is 284 g/mol. The van der Waals surface area contributed by atoms with Crippen molar-refractivity contribution in [2.75, 3.05) is 0 Å². The molecule has 1 nitrogen and oxygen atoms in total. The molecular weight excluding hydrogens is 256 g/mol. The number of aliphatic hydroxyl groups is 1. The van der Waals surface area contributed by atoms with Crippen LogP contribution < -0.4 is 0 Å². The molecule has 0 saturated heterocycles. The van der Waals surface area contributed by atoms with Crippen LogP contribution in [0.5, 0.6) is 0 Å². The number of rotatable bonds is 1. The maximum Gasteiger partial charge on any atom is 0.0960 e. The minimum Gasteiger partial charge on any atom is -0.385 e. The van der Waals surface area contributed by atoms with Gasteiger partial charge in [0, 0.05) is 0 Å². The molecule has 3 saturated carbocycles. The SMILES string of the molecule is Cc1ccccc1C1(O)[C@@H]2CCCC[C@@H]2[C@@H]2CCCC[C@@H]21. The number of aryl methyl sites for hydroxylation is 1. The second-order valence-electron chi connectivity index (χ2n) is 7.75. The van der Waals surface area contributed by atoms with E-state index in [1.807, 2.05) is 0 Å². The molecule has 3 aliphatic rings. The zero-order chi connectivity index (χ0) is 14.4. The molecule has 0 radical (unpaired) electrons. The maximum atomic E-state index is 11.9. The summed E-state index contributed by atoms with van der Waals surface area (Å²) in [7, 11) is 0. The molecular formula is C20H28O. The summed E-state index contributed by atoms with van der Waals surface area (Å²) in [6.07, 6.45) is 10.6. The lowest BCUT2D eigenvalue weighted by atomic mass is 9.70. The highest BCUT2D eigenvalue weighted by atomic mass is 16.3. The first-order valence-corrected chi connectivity index (χ1v) is 9.01. The Bertz CT molecular complexity index is 498. The van der Waals surface area contributed by atoms with Gasteiger partial charge in [0.15, 0.2) is 0 Å². The molecule has 3 aliphatic carbocycles. The molecule has 1 aromatic rings. The lowest BCUT2D eigenvalue weighted by Gasteiger charge is -2.40. The average molecular weight is 284 g/mol. The van der Waals surface area contributed by atoms with Gasteiger partial charge in [-0.25, -0.2) is 0 Å². The summed E-state index contributed by atoms with van der Waals surface area (Å²) in [6.45, 7) is 2.18. The third-order valence-corrected chi connectivity index (χ3v) is 6.90. The van der Waals surface area contributed by atoms with Gasteiger partial charge < -0.3 is 5.11 Å². The van der Waals surface area contributed by atoms with Crippen LogP contribution in [0.25, 0.3) is 0 Å². The van der Waals surface area contributed by atoms with E-state index in [-0.39, 0.29) is 0 Å². The third kappa shape index (κ3) is 1.93. The minimum absolute atomic E-state index is 0.514. The van der Waals surface area contributed by atoms with Crippen molar-refractivity contribution >= 4 is 0 Å². The molecule has 114 valence electrons. The topological polar surface area (TPSA) is 20.2 Å². The van der Waals surface area contributed by atoms with Crippen molar-refractivity contribution in [1.82, 2.24) is 0 Å². The summed E-state index contributed by atoms with van der Waals surface area (Å²) in [5.41, 5.74) is 1.99. The highest BCUT2D eigenvalue weighted by molar-refractivity contribution is 5.35. The molecule has 0 spiro atoms. The highest BCUT2D eigenvalue weighted by Crippen LogP contribution is 2.63. The molecule has 4 rings (SSSR count). The van der Waals surface area contributed by atoms with E-state index < -0.39 is 5.60 Å². The van der Waals surface area contributed by atoms with Crippen molar-refractivity contribution in [3.05, 3.63) is 35.4 Å². The standard InChI is InChI=1S/C20H28O/c1-14-8-2-5-11-17(14)20(21)18-12-6-3-9-15(18)16-10-4-7-13-19(16)20/h2,5,8,11,15-16,18-19,21H,3-4,6-7,9-10,12-13H2,1H3/t15-,16+,18-,19+,20?. The Balaban J connectivity index is 1.82. The van der Waals surface area contributed by atoms with Crippen LogP contribution in [0.15, 0.2) is 24.3 Å². The summed E-state index contributed by atoms with van der Waals surface area (Å²) in [6, 6.07) is 8.61. The zero-order valence-corrected chi connectivity index (χ0v) is 13.2. The first-order valence-electron chi connectivity index (χ1n) is 9.01. The van der Waals surface area contributed by atoms with Crippen LogP contribution in [0, 0.1) is 30.6 Å². The van der Waals surface area contributed by atoms with Crippen LogP contribution in [0.3, 0.4) is 0 Å². The molecule has 5 atom stereocenters. The van der Waals surface area contributed by atoms with Gasteiger partial charge in [-0.1, -0.05) is 49.9 Å². The van der Waals surface area contributed by atoms with Gasteiger partial charge in [-0.05, 0) is 67.4 Å². The lowest BCUT2D eigenvalue weighted by Crippen LogP contribution is -2.40. The number of fused-ring (bicyclic) bond motifs is 3. The Morgan fingerprint density at radius 3 is 1.95 bits per heavy atom. The van der Waals surface area contributed by atoms with Gasteiger partial charge in [-0.2, -0.15) is 0 Å². The Labute approximate surface area is 128 Å². The zero-order valence-electron chi connectivity index (χ0n) is 13.2. The van der Waals surface area contributed by atoms with Crippen LogP contribution >= 0.6 is 0 Å². The molecule has 0 bridgehead atoms. The van der Waals surface area contributed by atoms with Gasteiger partial charge in [0.25, 0.3) is 0 Å². The lowest BCUT2D eigenvalue weighted by molar-refractivity contribution is -0.0655. The minimum atomic E-state index is -0.540.